The van der Waals surface area contributed by atoms with Gasteiger partial charge in [0.25, 0.3) is 0 Å². The molecule has 0 aliphatic rings. The Morgan fingerprint density at radius 2 is 0.762 bits per heavy atom. The van der Waals surface area contributed by atoms with E-state index in [1.165, 1.54) is 14.8 Å². The van der Waals surface area contributed by atoms with Crippen LogP contribution in [-0.4, -0.2) is 29.9 Å². The van der Waals surface area contributed by atoms with Gasteiger partial charge >= 0.3 is 0 Å². The average Bonchev–Trinajstić information content (AvgIpc) is 4.05. The van der Waals surface area contributed by atoms with Crippen molar-refractivity contribution >= 4 is 85.0 Å². The molecule has 0 N–H and O–H groups in total. The number of thiophene rings is 2. The number of hydrogen-bond donors (Lipinski definition) is 0. The summed E-state index contributed by atoms with van der Waals surface area (Å²) in [5.41, 5.74) is 6.97. The first-order valence-corrected chi connectivity index (χ1v) is 22.2. The molecule has 0 aliphatic heterocycles. The maximum absolute atomic E-state index is 6.47. The maximum Gasteiger partial charge on any atom is 0.167 e. The summed E-state index contributed by atoms with van der Waals surface area (Å²) in [4.78, 5) is 31.1. The number of hydrogen-bond acceptors (Lipinski definition) is 9. The topological polar surface area (TPSA) is 90.5 Å². The van der Waals surface area contributed by atoms with E-state index in [4.69, 9.17) is 34.3 Å². The molecule has 13 rings (SSSR count). The second kappa shape index (κ2) is 14.3. The number of furan rings is 1. The summed E-state index contributed by atoms with van der Waals surface area (Å²) in [6, 6.07) is 62.3. The quantitative estimate of drug-likeness (QED) is 0.165. The molecule has 0 unspecified atom stereocenters. The Bertz CT molecular complexity index is 3930. The van der Waals surface area contributed by atoms with E-state index >= 15 is 0 Å². The van der Waals surface area contributed by atoms with Crippen molar-refractivity contribution in [2.45, 2.75) is 0 Å². The van der Waals surface area contributed by atoms with E-state index in [9.17, 15) is 0 Å². The molecule has 0 spiro atoms. The molecule has 0 saturated heterocycles. The van der Waals surface area contributed by atoms with Gasteiger partial charge in [-0.1, -0.05) is 133 Å². The molecule has 0 saturated carbocycles. The standard InChI is InChI=1S/C54H30N6OS2/c1-3-14-31(15-4-1)49-55-51(59-54(58-49)39-23-11-20-35-34-18-7-9-24-41(34)61-48(35)39)33-28-29-43-40(30-33)47-38(22-13-27-45(47)63-43)53-57-50(32-16-5-2-6-17-32)56-52(60-53)37-21-12-26-44-46(37)36-19-8-10-25-42(36)62-44/h1-30H. The van der Waals surface area contributed by atoms with Gasteiger partial charge in [0, 0.05) is 78.9 Å². The van der Waals surface area contributed by atoms with Crippen LogP contribution in [0.3, 0.4) is 0 Å². The smallest absolute Gasteiger partial charge is 0.167 e. The van der Waals surface area contributed by atoms with Crippen LogP contribution in [0.4, 0.5) is 0 Å². The van der Waals surface area contributed by atoms with E-state index in [-0.39, 0.29) is 0 Å². The van der Waals surface area contributed by atoms with Crippen molar-refractivity contribution < 1.29 is 4.42 Å². The summed E-state index contributed by atoms with van der Waals surface area (Å²) in [7, 11) is 0. The fourth-order valence-electron chi connectivity index (χ4n) is 8.71. The fourth-order valence-corrected chi connectivity index (χ4v) is 11.0. The maximum atomic E-state index is 6.47. The van der Waals surface area contributed by atoms with Crippen molar-refractivity contribution in [1.29, 1.82) is 0 Å². The van der Waals surface area contributed by atoms with Gasteiger partial charge in [0.05, 0.1) is 5.56 Å². The molecule has 0 amide bonds. The summed E-state index contributed by atoms with van der Waals surface area (Å²) in [6.45, 7) is 0. The molecule has 0 radical (unpaired) electrons. The van der Waals surface area contributed by atoms with Crippen molar-refractivity contribution in [3.63, 3.8) is 0 Å². The number of aromatic nitrogens is 6. The highest BCUT2D eigenvalue weighted by Gasteiger charge is 2.22. The Labute approximate surface area is 367 Å². The van der Waals surface area contributed by atoms with Crippen LogP contribution in [0.1, 0.15) is 0 Å². The summed E-state index contributed by atoms with van der Waals surface area (Å²) >= 11 is 3.54. The zero-order valence-electron chi connectivity index (χ0n) is 33.2. The molecular formula is C54H30N6OS2. The lowest BCUT2D eigenvalue weighted by Gasteiger charge is -2.11. The molecule has 5 aromatic heterocycles. The number of benzene rings is 8. The molecular weight excluding hydrogens is 813 g/mol. The van der Waals surface area contributed by atoms with Crippen LogP contribution < -0.4 is 0 Å². The first-order valence-electron chi connectivity index (χ1n) is 20.6. The number of fused-ring (bicyclic) bond motifs is 9. The van der Waals surface area contributed by atoms with Crippen molar-refractivity contribution in [2.24, 2.45) is 0 Å². The molecule has 5 heterocycles. The Hall–Kier alpha value is -7.98. The Balaban J connectivity index is 1.02. The first kappa shape index (κ1) is 35.7. The van der Waals surface area contributed by atoms with Gasteiger partial charge in [0.15, 0.2) is 34.9 Å². The van der Waals surface area contributed by atoms with Gasteiger partial charge in [-0.25, -0.2) is 29.9 Å². The highest BCUT2D eigenvalue weighted by atomic mass is 32.1. The summed E-state index contributed by atoms with van der Waals surface area (Å²) in [5, 5.41) is 6.55. The van der Waals surface area contributed by atoms with E-state index in [0.29, 0.717) is 34.9 Å². The number of para-hydroxylation sites is 2. The van der Waals surface area contributed by atoms with Crippen LogP contribution in [-0.2, 0) is 0 Å². The summed E-state index contributed by atoms with van der Waals surface area (Å²) in [6.07, 6.45) is 0. The molecule has 63 heavy (non-hydrogen) atoms. The minimum atomic E-state index is 0.541. The number of rotatable bonds is 6. The third-order valence-electron chi connectivity index (χ3n) is 11.6. The van der Waals surface area contributed by atoms with Crippen LogP contribution in [0.15, 0.2) is 186 Å². The normalized spacial score (nSPS) is 11.8. The van der Waals surface area contributed by atoms with Crippen LogP contribution in [0.25, 0.3) is 131 Å². The van der Waals surface area contributed by atoms with E-state index in [1.807, 2.05) is 78.9 Å². The summed E-state index contributed by atoms with van der Waals surface area (Å²) in [5.74, 6) is 3.55. The second-order valence-electron chi connectivity index (χ2n) is 15.4. The predicted molar refractivity (Wildman–Crippen MR) is 259 cm³/mol. The van der Waals surface area contributed by atoms with Crippen LogP contribution in [0.5, 0.6) is 0 Å². The monoisotopic (exact) mass is 842 g/mol. The van der Waals surface area contributed by atoms with E-state index < -0.39 is 0 Å². The van der Waals surface area contributed by atoms with Crippen LogP contribution >= 0.6 is 22.7 Å². The lowest BCUT2D eigenvalue weighted by Crippen LogP contribution is -2.01. The van der Waals surface area contributed by atoms with Gasteiger partial charge in [-0.15, -0.1) is 22.7 Å². The van der Waals surface area contributed by atoms with Gasteiger partial charge in [0.1, 0.15) is 11.2 Å². The van der Waals surface area contributed by atoms with Gasteiger partial charge in [-0.05, 0) is 48.5 Å². The van der Waals surface area contributed by atoms with E-state index in [2.05, 4.69) is 103 Å². The highest BCUT2D eigenvalue weighted by Crippen LogP contribution is 2.43. The van der Waals surface area contributed by atoms with Crippen LogP contribution in [0.2, 0.25) is 0 Å². The molecule has 0 bridgehead atoms. The molecule has 294 valence electrons. The first-order chi connectivity index (χ1) is 31.2. The van der Waals surface area contributed by atoms with Crippen molar-refractivity contribution in [2.75, 3.05) is 0 Å². The zero-order valence-corrected chi connectivity index (χ0v) is 34.9. The largest absolute Gasteiger partial charge is 0.455 e. The molecule has 0 atom stereocenters. The SMILES string of the molecule is c1ccc(-c2nc(-c3ccc4sc5cccc(-c6nc(-c7ccccc7)nc(-c7cccc8sc9ccccc9c78)n6)c5c4c3)nc(-c3cccc4c3oc3ccccc34)n2)cc1. The molecule has 7 nitrogen and oxygen atoms in total. The molecule has 9 heteroatoms. The third kappa shape index (κ3) is 5.93. The molecule has 8 aromatic carbocycles. The molecule has 0 aliphatic carbocycles. The number of nitrogens with zero attached hydrogens (tertiary/aromatic N) is 6. The van der Waals surface area contributed by atoms with Gasteiger partial charge < -0.3 is 4.42 Å². The van der Waals surface area contributed by atoms with Crippen molar-refractivity contribution in [3.05, 3.63) is 182 Å². The summed E-state index contributed by atoms with van der Waals surface area (Å²) < 4.78 is 11.2. The second-order valence-corrected chi connectivity index (χ2v) is 17.6. The fraction of sp³-hybridized carbons (Fsp3) is 0. The van der Waals surface area contributed by atoms with Gasteiger partial charge in [-0.3, -0.25) is 0 Å². The van der Waals surface area contributed by atoms with E-state index in [1.54, 1.807) is 22.7 Å². The van der Waals surface area contributed by atoms with Gasteiger partial charge in [0.2, 0.25) is 0 Å². The Morgan fingerprint density at radius 1 is 0.302 bits per heavy atom. The highest BCUT2D eigenvalue weighted by molar-refractivity contribution is 7.26. The Morgan fingerprint density at radius 3 is 1.44 bits per heavy atom. The minimum absolute atomic E-state index is 0.541. The minimum Gasteiger partial charge on any atom is -0.455 e. The molecule has 0 fully saturated rings. The average molecular weight is 843 g/mol. The van der Waals surface area contributed by atoms with Gasteiger partial charge in [-0.2, -0.15) is 0 Å². The third-order valence-corrected chi connectivity index (χ3v) is 13.9. The van der Waals surface area contributed by atoms with Crippen molar-refractivity contribution in [1.82, 2.24) is 29.9 Å². The Kier molecular flexibility index (Phi) is 8.12. The lowest BCUT2D eigenvalue weighted by atomic mass is 10.0. The van der Waals surface area contributed by atoms with Crippen LogP contribution in [0, 0.1) is 0 Å². The van der Waals surface area contributed by atoms with E-state index in [0.717, 1.165) is 80.9 Å². The predicted octanol–water partition coefficient (Wildman–Crippen LogP) is 14.7. The zero-order chi connectivity index (χ0) is 41.4. The molecule has 13 aromatic rings. The lowest BCUT2D eigenvalue weighted by molar-refractivity contribution is 0.669. The van der Waals surface area contributed by atoms with Crippen molar-refractivity contribution in [3.8, 4) is 68.3 Å².